The predicted octanol–water partition coefficient (Wildman–Crippen LogP) is 5.01. The first kappa shape index (κ1) is 21.0. The van der Waals surface area contributed by atoms with Gasteiger partial charge >= 0.3 is 6.09 Å². The van der Waals surface area contributed by atoms with Gasteiger partial charge in [0.25, 0.3) is 0 Å². The van der Waals surface area contributed by atoms with Gasteiger partial charge in [-0.15, -0.1) is 0 Å². The standard InChI is InChI=1S/C26H32N4O2/c1-17-8-9-21-22(30(17)26(31)32)10-11-23-24(21)28-25(18(2)20-6-4-3-5-7-20)29(23)16-19-12-14-27-15-13-19/h3-7,10-11,17-19,27H,8-9,12-16H2,1-2H3,(H,31,32). The van der Waals surface area contributed by atoms with E-state index in [0.717, 1.165) is 60.6 Å². The van der Waals surface area contributed by atoms with Crippen molar-refractivity contribution >= 4 is 22.8 Å². The fourth-order valence-electron chi connectivity index (χ4n) is 5.47. The maximum absolute atomic E-state index is 12.0. The van der Waals surface area contributed by atoms with Crippen LogP contribution in [0.25, 0.3) is 11.0 Å². The number of hydrogen-bond acceptors (Lipinski definition) is 3. The van der Waals surface area contributed by atoms with E-state index >= 15 is 0 Å². The monoisotopic (exact) mass is 432 g/mol. The topological polar surface area (TPSA) is 70.4 Å². The molecule has 2 atom stereocenters. The second-order valence-corrected chi connectivity index (χ2v) is 9.38. The van der Waals surface area contributed by atoms with Crippen LogP contribution in [-0.2, 0) is 13.0 Å². The fourth-order valence-corrected chi connectivity index (χ4v) is 5.47. The molecule has 0 bridgehead atoms. The van der Waals surface area contributed by atoms with Crippen LogP contribution in [0, 0.1) is 5.92 Å². The van der Waals surface area contributed by atoms with Gasteiger partial charge in [-0.2, -0.15) is 0 Å². The molecule has 168 valence electrons. The fraction of sp³-hybridized carbons (Fsp3) is 0.462. The molecule has 2 aliphatic heterocycles. The lowest BCUT2D eigenvalue weighted by Gasteiger charge is -2.33. The quantitative estimate of drug-likeness (QED) is 0.608. The van der Waals surface area contributed by atoms with Gasteiger partial charge in [-0.1, -0.05) is 37.3 Å². The molecule has 2 aliphatic rings. The highest BCUT2D eigenvalue weighted by Gasteiger charge is 2.31. The van der Waals surface area contributed by atoms with Gasteiger partial charge in [0.15, 0.2) is 0 Å². The Bertz CT molecular complexity index is 1120. The molecule has 2 aromatic carbocycles. The zero-order valence-corrected chi connectivity index (χ0v) is 18.9. The summed E-state index contributed by atoms with van der Waals surface area (Å²) in [6.45, 7) is 7.32. The summed E-state index contributed by atoms with van der Waals surface area (Å²) in [7, 11) is 0. The Kier molecular flexibility index (Phi) is 5.64. The maximum atomic E-state index is 12.0. The van der Waals surface area contributed by atoms with Crippen LogP contribution < -0.4 is 10.2 Å². The van der Waals surface area contributed by atoms with E-state index < -0.39 is 6.09 Å². The third-order valence-corrected chi connectivity index (χ3v) is 7.34. The molecule has 3 aromatic rings. The normalized spacial score (nSPS) is 20.3. The zero-order chi connectivity index (χ0) is 22.2. The molecule has 0 aliphatic carbocycles. The molecule has 32 heavy (non-hydrogen) atoms. The van der Waals surface area contributed by atoms with Crippen molar-refractivity contribution in [3.8, 4) is 0 Å². The smallest absolute Gasteiger partial charge is 0.412 e. The Morgan fingerprint density at radius 3 is 2.62 bits per heavy atom. The molecule has 1 amide bonds. The average Bonchev–Trinajstić information content (AvgIpc) is 3.17. The van der Waals surface area contributed by atoms with Gasteiger partial charge in [-0.05, 0) is 69.3 Å². The van der Waals surface area contributed by atoms with Crippen LogP contribution in [0.3, 0.4) is 0 Å². The van der Waals surface area contributed by atoms with E-state index in [1.165, 1.54) is 23.3 Å². The Labute approximate surface area is 189 Å². The summed E-state index contributed by atoms with van der Waals surface area (Å²) in [5.74, 6) is 1.87. The SMILES string of the molecule is CC(c1ccccc1)c1nc2c3c(ccc2n1CC1CCNCC1)N(C(=O)O)C(C)CC3. The third-order valence-electron chi connectivity index (χ3n) is 7.34. The molecule has 6 nitrogen and oxygen atoms in total. The van der Waals surface area contributed by atoms with Crippen LogP contribution in [0.5, 0.6) is 0 Å². The molecular weight excluding hydrogens is 400 g/mol. The van der Waals surface area contributed by atoms with E-state index in [1.54, 1.807) is 0 Å². The van der Waals surface area contributed by atoms with Crippen LogP contribution >= 0.6 is 0 Å². The Morgan fingerprint density at radius 1 is 1.16 bits per heavy atom. The second-order valence-electron chi connectivity index (χ2n) is 9.38. The largest absolute Gasteiger partial charge is 0.465 e. The number of aromatic nitrogens is 2. The molecule has 1 saturated heterocycles. The summed E-state index contributed by atoms with van der Waals surface area (Å²) < 4.78 is 2.42. The summed E-state index contributed by atoms with van der Waals surface area (Å²) in [6.07, 6.45) is 3.15. The first-order valence-corrected chi connectivity index (χ1v) is 11.8. The van der Waals surface area contributed by atoms with Crippen molar-refractivity contribution in [3.05, 3.63) is 59.4 Å². The lowest BCUT2D eigenvalue weighted by Crippen LogP contribution is -2.41. The number of fused-ring (bicyclic) bond motifs is 3. The number of benzene rings is 2. The van der Waals surface area contributed by atoms with Crippen LogP contribution in [0.1, 0.15) is 56.0 Å². The number of piperidine rings is 1. The number of hydrogen-bond donors (Lipinski definition) is 2. The molecule has 2 N–H and O–H groups in total. The van der Waals surface area contributed by atoms with Crippen LogP contribution in [-0.4, -0.2) is 39.9 Å². The highest BCUT2D eigenvalue weighted by atomic mass is 16.4. The predicted molar refractivity (Wildman–Crippen MR) is 128 cm³/mol. The molecular formula is C26H32N4O2. The first-order valence-electron chi connectivity index (χ1n) is 11.8. The van der Waals surface area contributed by atoms with E-state index in [9.17, 15) is 9.90 Å². The lowest BCUT2D eigenvalue weighted by atomic mass is 9.95. The van der Waals surface area contributed by atoms with Crippen molar-refractivity contribution in [2.75, 3.05) is 18.0 Å². The van der Waals surface area contributed by atoms with E-state index in [0.29, 0.717) is 5.92 Å². The molecule has 5 rings (SSSR count). The molecule has 0 spiro atoms. The first-order chi connectivity index (χ1) is 15.5. The van der Waals surface area contributed by atoms with Gasteiger partial charge in [-0.3, -0.25) is 4.90 Å². The number of imidazole rings is 1. The molecule has 6 heteroatoms. The van der Waals surface area contributed by atoms with Gasteiger partial charge in [-0.25, -0.2) is 9.78 Å². The van der Waals surface area contributed by atoms with E-state index in [2.05, 4.69) is 47.1 Å². The van der Waals surface area contributed by atoms with Crippen molar-refractivity contribution < 1.29 is 9.90 Å². The molecule has 1 aromatic heterocycles. The molecule has 0 radical (unpaired) electrons. The number of nitrogens with one attached hydrogen (secondary N) is 1. The van der Waals surface area contributed by atoms with Crippen LogP contribution in [0.15, 0.2) is 42.5 Å². The summed E-state index contributed by atoms with van der Waals surface area (Å²) >= 11 is 0. The summed E-state index contributed by atoms with van der Waals surface area (Å²) in [4.78, 5) is 18.7. The number of rotatable bonds is 4. The third kappa shape index (κ3) is 3.66. The number of carboxylic acid groups (broad SMARTS) is 1. The number of carbonyl (C=O) groups is 1. The van der Waals surface area contributed by atoms with Gasteiger partial charge < -0.3 is 15.0 Å². The van der Waals surface area contributed by atoms with Crippen molar-refractivity contribution in [3.63, 3.8) is 0 Å². The Hall–Kier alpha value is -2.86. The molecule has 3 heterocycles. The van der Waals surface area contributed by atoms with Gasteiger partial charge in [0.2, 0.25) is 0 Å². The van der Waals surface area contributed by atoms with Crippen LogP contribution in [0.4, 0.5) is 10.5 Å². The minimum absolute atomic E-state index is 0.0167. The number of aryl methyl sites for hydroxylation is 1. The van der Waals surface area contributed by atoms with Gasteiger partial charge in [0.1, 0.15) is 5.82 Å². The highest BCUT2D eigenvalue weighted by Crippen LogP contribution is 2.38. The van der Waals surface area contributed by atoms with E-state index in [4.69, 9.17) is 4.98 Å². The highest BCUT2D eigenvalue weighted by molar-refractivity contribution is 5.94. The molecule has 2 unspecified atom stereocenters. The summed E-state index contributed by atoms with van der Waals surface area (Å²) in [6, 6.07) is 14.6. The van der Waals surface area contributed by atoms with Crippen molar-refractivity contribution in [2.24, 2.45) is 5.92 Å². The minimum atomic E-state index is -0.884. The maximum Gasteiger partial charge on any atom is 0.412 e. The minimum Gasteiger partial charge on any atom is -0.465 e. The number of anilines is 1. The number of nitrogens with zero attached hydrogens (tertiary/aromatic N) is 3. The zero-order valence-electron chi connectivity index (χ0n) is 18.9. The van der Waals surface area contributed by atoms with Crippen LogP contribution in [0.2, 0.25) is 0 Å². The van der Waals surface area contributed by atoms with E-state index in [-0.39, 0.29) is 12.0 Å². The van der Waals surface area contributed by atoms with Gasteiger partial charge in [0, 0.05) is 24.1 Å². The second kappa shape index (κ2) is 8.58. The summed E-state index contributed by atoms with van der Waals surface area (Å²) in [5.41, 5.74) is 5.25. The van der Waals surface area contributed by atoms with Crippen molar-refractivity contribution in [1.29, 1.82) is 0 Å². The molecule has 1 fully saturated rings. The Morgan fingerprint density at radius 2 is 1.91 bits per heavy atom. The lowest BCUT2D eigenvalue weighted by molar-refractivity contribution is 0.198. The Balaban J connectivity index is 1.65. The summed E-state index contributed by atoms with van der Waals surface area (Å²) in [5, 5.41) is 13.3. The molecule has 0 saturated carbocycles. The van der Waals surface area contributed by atoms with Gasteiger partial charge in [0.05, 0.1) is 16.7 Å². The average molecular weight is 433 g/mol. The van der Waals surface area contributed by atoms with Crippen molar-refractivity contribution in [1.82, 2.24) is 14.9 Å². The number of amides is 1. The van der Waals surface area contributed by atoms with E-state index in [1.807, 2.05) is 19.1 Å². The van der Waals surface area contributed by atoms with Crippen molar-refractivity contribution in [2.45, 2.75) is 58.0 Å².